The molecule has 2 aromatic heterocycles. The summed E-state index contributed by atoms with van der Waals surface area (Å²) in [5.41, 5.74) is 0.696. The van der Waals surface area contributed by atoms with E-state index >= 15 is 0 Å². The molecule has 8 nitrogen and oxygen atoms in total. The van der Waals surface area contributed by atoms with Crippen molar-refractivity contribution in [1.29, 1.82) is 0 Å². The first-order valence-electron chi connectivity index (χ1n) is 8.72. The Morgan fingerprint density at radius 3 is 2.50 bits per heavy atom. The molecule has 0 saturated carbocycles. The molecule has 1 aromatic carbocycles. The van der Waals surface area contributed by atoms with Crippen LogP contribution in [0.1, 0.15) is 42.6 Å². The third-order valence-electron chi connectivity index (χ3n) is 3.93. The average molecular weight is 383 g/mol. The second-order valence-electron chi connectivity index (χ2n) is 7.44. The SMILES string of the molecule is Cc1cc2nc(COC(=O)c3ccc(NC(=O)C(C)(C)C)cc3)cc(=O)n2o1. The van der Waals surface area contributed by atoms with Gasteiger partial charge in [0.25, 0.3) is 5.56 Å². The van der Waals surface area contributed by atoms with Crippen molar-refractivity contribution in [2.75, 3.05) is 5.32 Å². The quantitative estimate of drug-likeness (QED) is 0.695. The number of rotatable bonds is 4. The van der Waals surface area contributed by atoms with E-state index in [1.54, 1.807) is 37.3 Å². The Hall–Kier alpha value is -3.42. The maximum Gasteiger partial charge on any atom is 0.338 e. The molecule has 0 bridgehead atoms. The zero-order valence-electron chi connectivity index (χ0n) is 16.1. The van der Waals surface area contributed by atoms with E-state index in [2.05, 4.69) is 10.3 Å². The molecule has 0 radical (unpaired) electrons. The maximum absolute atomic E-state index is 12.2. The number of amides is 1. The maximum atomic E-state index is 12.2. The van der Waals surface area contributed by atoms with E-state index in [0.717, 1.165) is 4.57 Å². The molecular formula is C20H21N3O5. The van der Waals surface area contributed by atoms with Crippen molar-refractivity contribution in [1.82, 2.24) is 9.56 Å². The van der Waals surface area contributed by atoms with Crippen molar-refractivity contribution in [2.24, 2.45) is 5.41 Å². The van der Waals surface area contributed by atoms with Crippen LogP contribution >= 0.6 is 0 Å². The molecule has 3 rings (SSSR count). The molecular weight excluding hydrogens is 362 g/mol. The molecule has 1 N–H and O–H groups in total. The van der Waals surface area contributed by atoms with Gasteiger partial charge in [0.05, 0.1) is 11.3 Å². The molecule has 3 aromatic rings. The van der Waals surface area contributed by atoms with Crippen LogP contribution in [-0.4, -0.2) is 21.4 Å². The van der Waals surface area contributed by atoms with Crippen LogP contribution in [0.25, 0.3) is 5.65 Å². The van der Waals surface area contributed by atoms with Gasteiger partial charge in [-0.1, -0.05) is 20.8 Å². The van der Waals surface area contributed by atoms with Crippen molar-refractivity contribution in [3.63, 3.8) is 0 Å². The topological polar surface area (TPSA) is 103 Å². The normalized spacial score (nSPS) is 11.4. The number of nitrogens with one attached hydrogen (secondary N) is 1. The van der Waals surface area contributed by atoms with Gasteiger partial charge in [-0.15, -0.1) is 4.57 Å². The fourth-order valence-corrected chi connectivity index (χ4v) is 2.38. The number of carbonyl (C=O) groups is 2. The highest BCUT2D eigenvalue weighted by molar-refractivity contribution is 5.95. The molecule has 0 saturated heterocycles. The second-order valence-corrected chi connectivity index (χ2v) is 7.44. The lowest BCUT2D eigenvalue weighted by atomic mass is 9.95. The number of hydrogen-bond donors (Lipinski definition) is 1. The third kappa shape index (κ3) is 4.28. The Morgan fingerprint density at radius 2 is 1.86 bits per heavy atom. The molecule has 0 aliphatic carbocycles. The Bertz CT molecular complexity index is 1090. The van der Waals surface area contributed by atoms with Gasteiger partial charge in [0.15, 0.2) is 5.65 Å². The second kappa shape index (κ2) is 7.30. The number of esters is 1. The van der Waals surface area contributed by atoms with E-state index in [9.17, 15) is 14.4 Å². The molecule has 0 fully saturated rings. The van der Waals surface area contributed by atoms with E-state index < -0.39 is 11.4 Å². The summed E-state index contributed by atoms with van der Waals surface area (Å²) in [4.78, 5) is 40.4. The summed E-state index contributed by atoms with van der Waals surface area (Å²) in [6, 6.07) is 9.26. The van der Waals surface area contributed by atoms with Crippen molar-refractivity contribution < 1.29 is 18.8 Å². The number of fused-ring (bicyclic) bond motifs is 1. The van der Waals surface area contributed by atoms with Crippen LogP contribution in [0.5, 0.6) is 0 Å². The molecule has 1 amide bonds. The van der Waals surface area contributed by atoms with Crippen LogP contribution in [0.15, 0.2) is 45.7 Å². The predicted octanol–water partition coefficient (Wildman–Crippen LogP) is 2.94. The van der Waals surface area contributed by atoms with E-state index in [4.69, 9.17) is 9.26 Å². The number of hydrogen-bond acceptors (Lipinski definition) is 6. The van der Waals surface area contributed by atoms with E-state index in [1.807, 2.05) is 20.8 Å². The lowest BCUT2D eigenvalue weighted by Crippen LogP contribution is -2.27. The number of aromatic nitrogens is 2. The minimum Gasteiger partial charge on any atom is -0.456 e. The number of carbonyl (C=O) groups excluding carboxylic acids is 2. The van der Waals surface area contributed by atoms with Crippen LogP contribution in [0, 0.1) is 12.3 Å². The summed E-state index contributed by atoms with van der Waals surface area (Å²) >= 11 is 0. The summed E-state index contributed by atoms with van der Waals surface area (Å²) in [7, 11) is 0. The van der Waals surface area contributed by atoms with Gasteiger partial charge < -0.3 is 14.6 Å². The zero-order chi connectivity index (χ0) is 20.5. The Labute approximate surface area is 161 Å². The molecule has 0 atom stereocenters. The zero-order valence-corrected chi connectivity index (χ0v) is 16.1. The minimum atomic E-state index is -0.556. The lowest BCUT2D eigenvalue weighted by molar-refractivity contribution is -0.123. The third-order valence-corrected chi connectivity index (χ3v) is 3.93. The molecule has 0 spiro atoms. The Morgan fingerprint density at radius 1 is 1.18 bits per heavy atom. The van der Waals surface area contributed by atoms with Crippen LogP contribution in [0.3, 0.4) is 0 Å². The summed E-state index contributed by atoms with van der Waals surface area (Å²) in [6.45, 7) is 7.01. The van der Waals surface area contributed by atoms with E-state index in [1.165, 1.54) is 6.07 Å². The summed E-state index contributed by atoms with van der Waals surface area (Å²) in [5, 5.41) is 2.78. The molecule has 0 unspecified atom stereocenters. The number of anilines is 1. The van der Waals surface area contributed by atoms with E-state index in [-0.39, 0.29) is 18.1 Å². The van der Waals surface area contributed by atoms with Crippen LogP contribution < -0.4 is 10.9 Å². The van der Waals surface area contributed by atoms with Gasteiger partial charge in [-0.3, -0.25) is 9.59 Å². The van der Waals surface area contributed by atoms with Gasteiger partial charge in [0.2, 0.25) is 5.91 Å². The summed E-state index contributed by atoms with van der Waals surface area (Å²) < 4.78 is 11.5. The number of benzene rings is 1. The monoisotopic (exact) mass is 383 g/mol. The lowest BCUT2D eigenvalue weighted by Gasteiger charge is -2.17. The molecule has 2 heterocycles. The minimum absolute atomic E-state index is 0.120. The molecule has 8 heteroatoms. The predicted molar refractivity (Wildman–Crippen MR) is 102 cm³/mol. The number of ether oxygens (including phenoxy) is 1. The number of aryl methyl sites for hydroxylation is 1. The van der Waals surface area contributed by atoms with Gasteiger partial charge in [0.1, 0.15) is 12.4 Å². The molecule has 0 aliphatic rings. The first-order chi connectivity index (χ1) is 13.1. The Kier molecular flexibility index (Phi) is 5.04. The summed E-state index contributed by atoms with van der Waals surface area (Å²) in [6.07, 6.45) is 0. The fraction of sp³-hybridized carbons (Fsp3) is 0.300. The standard InChI is InChI=1S/C20H21N3O5/c1-12-9-16-21-15(10-17(24)23(16)28-12)11-27-18(25)13-5-7-14(8-6-13)22-19(26)20(2,3)4/h5-10H,11H2,1-4H3,(H,22,26). The molecule has 28 heavy (non-hydrogen) atoms. The smallest absolute Gasteiger partial charge is 0.338 e. The molecule has 0 aliphatic heterocycles. The fourth-order valence-electron chi connectivity index (χ4n) is 2.38. The first kappa shape index (κ1) is 19.3. The van der Waals surface area contributed by atoms with Crippen LogP contribution in [0.2, 0.25) is 0 Å². The van der Waals surface area contributed by atoms with Crippen molar-refractivity contribution in [3.8, 4) is 0 Å². The average Bonchev–Trinajstić information content (AvgIpc) is 3.00. The highest BCUT2D eigenvalue weighted by atomic mass is 16.5. The van der Waals surface area contributed by atoms with Gasteiger partial charge in [0, 0.05) is 23.2 Å². The van der Waals surface area contributed by atoms with Crippen molar-refractivity contribution in [3.05, 3.63) is 63.8 Å². The van der Waals surface area contributed by atoms with Crippen LogP contribution in [0.4, 0.5) is 5.69 Å². The first-order valence-corrected chi connectivity index (χ1v) is 8.72. The highest BCUT2D eigenvalue weighted by Gasteiger charge is 2.21. The van der Waals surface area contributed by atoms with Gasteiger partial charge in [-0.2, -0.15) is 0 Å². The van der Waals surface area contributed by atoms with E-state index in [0.29, 0.717) is 28.4 Å². The Balaban J connectivity index is 1.65. The molecule has 146 valence electrons. The van der Waals surface area contributed by atoms with Crippen molar-refractivity contribution >= 4 is 23.2 Å². The largest absolute Gasteiger partial charge is 0.456 e. The van der Waals surface area contributed by atoms with Gasteiger partial charge in [-0.25, -0.2) is 9.78 Å². The summed E-state index contributed by atoms with van der Waals surface area (Å²) in [5.74, 6) is -0.124. The van der Waals surface area contributed by atoms with Crippen molar-refractivity contribution in [2.45, 2.75) is 34.3 Å². The van der Waals surface area contributed by atoms with Gasteiger partial charge in [-0.05, 0) is 31.2 Å². The highest BCUT2D eigenvalue weighted by Crippen LogP contribution is 2.18. The van der Waals surface area contributed by atoms with Crippen LogP contribution in [-0.2, 0) is 16.1 Å². The number of nitrogens with zero attached hydrogens (tertiary/aromatic N) is 2. The van der Waals surface area contributed by atoms with Gasteiger partial charge >= 0.3 is 5.97 Å².